The van der Waals surface area contributed by atoms with Gasteiger partial charge in [-0.05, 0) is 65.6 Å². The van der Waals surface area contributed by atoms with Crippen LogP contribution in [0.25, 0.3) is 11.1 Å². The molecular formula is C30H29F6N3O7. The van der Waals surface area contributed by atoms with Gasteiger partial charge in [0.05, 0.1) is 0 Å². The van der Waals surface area contributed by atoms with Crippen LogP contribution in [0.5, 0.6) is 11.5 Å². The molecule has 5 rings (SSSR count). The van der Waals surface area contributed by atoms with Gasteiger partial charge in [0.25, 0.3) is 5.91 Å². The van der Waals surface area contributed by atoms with Crippen LogP contribution in [0.4, 0.5) is 26.3 Å². The highest BCUT2D eigenvalue weighted by Gasteiger charge is 2.38. The molecule has 16 heteroatoms. The Labute approximate surface area is 258 Å². The average molecular weight is 658 g/mol. The molecule has 0 radical (unpaired) electrons. The predicted octanol–water partition coefficient (Wildman–Crippen LogP) is 4.73. The summed E-state index contributed by atoms with van der Waals surface area (Å²) in [4.78, 5) is 30.4. The van der Waals surface area contributed by atoms with Gasteiger partial charge in [-0.2, -0.15) is 26.3 Å². The van der Waals surface area contributed by atoms with Crippen molar-refractivity contribution in [2.24, 2.45) is 0 Å². The monoisotopic (exact) mass is 657 g/mol. The van der Waals surface area contributed by atoms with E-state index in [1.807, 2.05) is 12.1 Å². The zero-order valence-electron chi connectivity index (χ0n) is 23.9. The number of carboxylic acids is 2. The molecule has 0 bridgehead atoms. The van der Waals surface area contributed by atoms with Crippen molar-refractivity contribution in [3.05, 3.63) is 83.4 Å². The second-order valence-electron chi connectivity index (χ2n) is 9.83. The number of benzene rings is 3. The van der Waals surface area contributed by atoms with Crippen molar-refractivity contribution in [1.29, 1.82) is 0 Å². The van der Waals surface area contributed by atoms with Gasteiger partial charge in [-0.3, -0.25) is 4.79 Å². The number of rotatable bonds is 7. The number of hydrogen-bond donors (Lipinski definition) is 5. The summed E-state index contributed by atoms with van der Waals surface area (Å²) in [5.41, 5.74) is 5.21. The Morgan fingerprint density at radius 3 is 1.85 bits per heavy atom. The van der Waals surface area contributed by atoms with Crippen molar-refractivity contribution < 1.29 is 60.4 Å². The van der Waals surface area contributed by atoms with Crippen molar-refractivity contribution in [3.63, 3.8) is 0 Å². The number of hydrogen-bond acceptors (Lipinski definition) is 7. The highest BCUT2D eigenvalue weighted by molar-refractivity contribution is 5.94. The third-order valence-corrected chi connectivity index (χ3v) is 6.42. The molecule has 0 aromatic heterocycles. The number of amides is 1. The number of halogens is 6. The third kappa shape index (κ3) is 11.3. The fourth-order valence-electron chi connectivity index (χ4n) is 4.13. The Morgan fingerprint density at radius 1 is 0.783 bits per heavy atom. The summed E-state index contributed by atoms with van der Waals surface area (Å²) in [7, 11) is 0. The standard InChI is InChI=1S/C26H27N3O3.2C2HF3O2/c30-26(22-7-8-24-25(13-22)32-17-31-24)29-15-19-4-2-6-21(12-19)20-5-1-3-18(11-20)14-28-23-9-10-27-16-23;2*3-2(4,5)1(6)7/h1-8,11-13,23,27-28H,9-10,14-17H2,(H,29,30);2*(H,6,7). The first-order chi connectivity index (χ1) is 21.6. The molecule has 10 nitrogen and oxygen atoms in total. The number of aliphatic carboxylic acids is 2. The Balaban J connectivity index is 0.000000345. The van der Waals surface area contributed by atoms with Crippen molar-refractivity contribution in [2.45, 2.75) is 37.9 Å². The number of nitrogens with one attached hydrogen (secondary N) is 3. The number of alkyl halides is 6. The van der Waals surface area contributed by atoms with Crippen molar-refractivity contribution in [2.75, 3.05) is 19.9 Å². The number of carboxylic acid groups (broad SMARTS) is 2. The van der Waals surface area contributed by atoms with Gasteiger partial charge < -0.3 is 35.6 Å². The van der Waals surface area contributed by atoms with Crippen molar-refractivity contribution >= 4 is 17.8 Å². The average Bonchev–Trinajstić information content (AvgIpc) is 3.71. The molecule has 3 aromatic carbocycles. The Hall–Kier alpha value is -4.83. The normalized spacial score (nSPS) is 15.1. The van der Waals surface area contributed by atoms with E-state index in [0.29, 0.717) is 29.6 Å². The van der Waals surface area contributed by atoms with Gasteiger partial charge in [0.2, 0.25) is 6.79 Å². The molecule has 1 saturated heterocycles. The van der Waals surface area contributed by atoms with Gasteiger partial charge in [0.1, 0.15) is 0 Å². The topological polar surface area (TPSA) is 146 Å². The molecule has 2 aliphatic rings. The summed E-state index contributed by atoms with van der Waals surface area (Å²) >= 11 is 0. The maximum Gasteiger partial charge on any atom is 0.490 e. The van der Waals surface area contributed by atoms with Gasteiger partial charge in [0, 0.05) is 31.2 Å². The van der Waals surface area contributed by atoms with Gasteiger partial charge in [-0.15, -0.1) is 0 Å². The molecule has 1 unspecified atom stereocenters. The van der Waals surface area contributed by atoms with Crippen LogP contribution in [0.3, 0.4) is 0 Å². The van der Waals surface area contributed by atoms with E-state index < -0.39 is 24.3 Å². The molecular weight excluding hydrogens is 628 g/mol. The molecule has 0 spiro atoms. The molecule has 3 aromatic rings. The lowest BCUT2D eigenvalue weighted by Crippen LogP contribution is -2.30. The summed E-state index contributed by atoms with van der Waals surface area (Å²) in [6.45, 7) is 3.65. The van der Waals surface area contributed by atoms with Crippen LogP contribution in [-0.2, 0) is 22.7 Å². The molecule has 1 atom stereocenters. The van der Waals surface area contributed by atoms with E-state index in [1.54, 1.807) is 18.2 Å². The second kappa shape index (κ2) is 15.9. The van der Waals surface area contributed by atoms with Gasteiger partial charge in [-0.25, -0.2) is 9.59 Å². The summed E-state index contributed by atoms with van der Waals surface area (Å²) in [6, 6.07) is 22.7. The lowest BCUT2D eigenvalue weighted by Gasteiger charge is -2.12. The van der Waals surface area contributed by atoms with Gasteiger partial charge >= 0.3 is 24.3 Å². The van der Waals surface area contributed by atoms with Crippen LogP contribution >= 0.6 is 0 Å². The van der Waals surface area contributed by atoms with Gasteiger partial charge in [0.15, 0.2) is 11.5 Å². The second-order valence-corrected chi connectivity index (χ2v) is 9.83. The number of ether oxygens (including phenoxy) is 2. The maximum atomic E-state index is 12.6. The number of carbonyl (C=O) groups is 3. The summed E-state index contributed by atoms with van der Waals surface area (Å²) in [5.74, 6) is -4.37. The molecule has 46 heavy (non-hydrogen) atoms. The van der Waals surface area contributed by atoms with E-state index in [1.165, 1.54) is 17.5 Å². The Bertz CT molecular complexity index is 1480. The molecule has 2 aliphatic heterocycles. The SMILES string of the molecule is O=C(NCc1cccc(-c2cccc(CNC3CCNC3)c2)c1)c1ccc2c(c1)OCO2.O=C(O)C(F)(F)F.O=C(O)C(F)(F)F. The van der Waals surface area contributed by atoms with E-state index in [2.05, 4.69) is 52.3 Å². The minimum absolute atomic E-state index is 0.136. The fraction of sp³-hybridized carbons (Fsp3) is 0.300. The highest BCUT2D eigenvalue weighted by Crippen LogP contribution is 2.32. The minimum Gasteiger partial charge on any atom is -0.475 e. The number of carbonyl (C=O) groups excluding carboxylic acids is 1. The van der Waals surface area contributed by atoms with E-state index in [-0.39, 0.29) is 12.7 Å². The molecule has 0 saturated carbocycles. The van der Waals surface area contributed by atoms with Crippen LogP contribution in [0, 0.1) is 0 Å². The first-order valence-corrected chi connectivity index (χ1v) is 13.5. The van der Waals surface area contributed by atoms with Crippen molar-refractivity contribution in [3.8, 4) is 22.6 Å². The summed E-state index contributed by atoms with van der Waals surface area (Å²) in [5, 5.41) is 24.3. The highest BCUT2D eigenvalue weighted by atomic mass is 19.4. The maximum absolute atomic E-state index is 12.6. The number of fused-ring (bicyclic) bond motifs is 1. The Morgan fingerprint density at radius 2 is 1.33 bits per heavy atom. The molecule has 1 amide bonds. The largest absolute Gasteiger partial charge is 0.490 e. The predicted molar refractivity (Wildman–Crippen MR) is 151 cm³/mol. The van der Waals surface area contributed by atoms with Crippen LogP contribution < -0.4 is 25.4 Å². The van der Waals surface area contributed by atoms with E-state index in [0.717, 1.165) is 30.8 Å². The first-order valence-electron chi connectivity index (χ1n) is 13.5. The van der Waals surface area contributed by atoms with Crippen LogP contribution in [-0.4, -0.2) is 66.3 Å². The summed E-state index contributed by atoms with van der Waals surface area (Å²) < 4.78 is 74.1. The third-order valence-electron chi connectivity index (χ3n) is 6.42. The van der Waals surface area contributed by atoms with E-state index >= 15 is 0 Å². The van der Waals surface area contributed by atoms with Crippen LogP contribution in [0.15, 0.2) is 66.7 Å². The van der Waals surface area contributed by atoms with E-state index in [4.69, 9.17) is 29.3 Å². The zero-order valence-corrected chi connectivity index (χ0v) is 23.9. The molecule has 2 heterocycles. The van der Waals surface area contributed by atoms with E-state index in [9.17, 15) is 31.1 Å². The quantitative estimate of drug-likeness (QED) is 0.228. The lowest BCUT2D eigenvalue weighted by atomic mass is 10.0. The molecule has 248 valence electrons. The summed E-state index contributed by atoms with van der Waals surface area (Å²) in [6.07, 6.45) is -8.99. The van der Waals surface area contributed by atoms with Gasteiger partial charge in [-0.1, -0.05) is 36.4 Å². The Kier molecular flexibility index (Phi) is 12.4. The molecule has 5 N–H and O–H groups in total. The molecule has 1 fully saturated rings. The smallest absolute Gasteiger partial charge is 0.475 e. The lowest BCUT2D eigenvalue weighted by molar-refractivity contribution is -0.193. The minimum atomic E-state index is -5.08. The van der Waals surface area contributed by atoms with Crippen LogP contribution in [0.2, 0.25) is 0 Å². The molecule has 0 aliphatic carbocycles. The fourth-order valence-corrected chi connectivity index (χ4v) is 4.13. The van der Waals surface area contributed by atoms with Crippen LogP contribution in [0.1, 0.15) is 27.9 Å². The zero-order chi connectivity index (χ0) is 33.9. The van der Waals surface area contributed by atoms with Crippen molar-refractivity contribution in [1.82, 2.24) is 16.0 Å². The first kappa shape index (κ1) is 35.6.